The van der Waals surface area contributed by atoms with Gasteiger partial charge in [0.05, 0.1) is 20.3 Å². The molecule has 10 heteroatoms. The minimum absolute atomic E-state index is 0.0951. The fraction of sp³-hybridized carbons (Fsp3) is 0.929. The van der Waals surface area contributed by atoms with Crippen LogP contribution < -0.4 is 5.73 Å². The third kappa shape index (κ3) is 7.40. The predicted octanol–water partition coefficient (Wildman–Crippen LogP) is 4.41. The van der Waals surface area contributed by atoms with Gasteiger partial charge in [-0.1, -0.05) is 43.6 Å². The summed E-state index contributed by atoms with van der Waals surface area (Å²) in [6, 6.07) is -0.0367. The van der Waals surface area contributed by atoms with Crippen molar-refractivity contribution >= 4 is 11.9 Å². The third-order valence-corrected chi connectivity index (χ3v) is 9.45. The molecule has 0 radical (unpaired) electrons. The molecule has 2 saturated carbocycles. The van der Waals surface area contributed by atoms with Gasteiger partial charge in [0.25, 0.3) is 0 Å². The molecular weight excluding hydrogens is 484 g/mol. The normalized spacial score (nSPS) is 33.2. The SMILES string of the molecule is COC(=O)[C@]1(C)C[C@H](N)CN1CC1CCCCC1.COC(=O)[C@]1(C)C[C@H](N=[N+]=[N-])CN1CC1CCCCC1. The molecule has 216 valence electrons. The first kappa shape index (κ1) is 30.7. The minimum atomic E-state index is -0.648. The van der Waals surface area contributed by atoms with E-state index < -0.39 is 11.1 Å². The highest BCUT2D eigenvalue weighted by molar-refractivity contribution is 5.81. The molecule has 2 saturated heterocycles. The van der Waals surface area contributed by atoms with Crippen LogP contribution in [0.5, 0.6) is 0 Å². The van der Waals surface area contributed by atoms with Gasteiger partial charge in [0.2, 0.25) is 0 Å². The zero-order valence-corrected chi connectivity index (χ0v) is 24.1. The maximum atomic E-state index is 12.1. The molecule has 4 atom stereocenters. The molecule has 2 heterocycles. The van der Waals surface area contributed by atoms with Gasteiger partial charge in [-0.15, -0.1) is 0 Å². The number of carbonyl (C=O) groups is 2. The number of nitrogens with zero attached hydrogens (tertiary/aromatic N) is 5. The average Bonchev–Trinajstić information content (AvgIpc) is 3.40. The van der Waals surface area contributed by atoms with Crippen LogP contribution in [0.25, 0.3) is 10.4 Å². The molecule has 0 unspecified atom stereocenters. The van der Waals surface area contributed by atoms with Gasteiger partial charge >= 0.3 is 11.9 Å². The van der Waals surface area contributed by atoms with E-state index in [1.807, 2.05) is 13.8 Å². The first-order valence-electron chi connectivity index (χ1n) is 14.6. The molecule has 38 heavy (non-hydrogen) atoms. The van der Waals surface area contributed by atoms with Gasteiger partial charge in [0, 0.05) is 37.1 Å². The topological polar surface area (TPSA) is 134 Å². The van der Waals surface area contributed by atoms with Crippen molar-refractivity contribution in [1.82, 2.24) is 9.80 Å². The van der Waals surface area contributed by atoms with E-state index in [0.29, 0.717) is 25.3 Å². The van der Waals surface area contributed by atoms with Crippen LogP contribution in [0, 0.1) is 11.8 Å². The number of methoxy groups -OCH3 is 2. The maximum absolute atomic E-state index is 12.1. The van der Waals surface area contributed by atoms with Crippen molar-refractivity contribution in [3.63, 3.8) is 0 Å². The quantitative estimate of drug-likeness (QED) is 0.221. The van der Waals surface area contributed by atoms with Crippen molar-refractivity contribution in [1.29, 1.82) is 0 Å². The molecular formula is C28H50N6O4. The predicted molar refractivity (Wildman–Crippen MR) is 147 cm³/mol. The Kier molecular flexibility index (Phi) is 11.3. The Balaban J connectivity index is 0.000000212. The van der Waals surface area contributed by atoms with Crippen molar-refractivity contribution in [2.45, 2.75) is 114 Å². The summed E-state index contributed by atoms with van der Waals surface area (Å²) >= 11 is 0. The first-order chi connectivity index (χ1) is 18.2. The first-order valence-corrected chi connectivity index (χ1v) is 14.6. The second kappa shape index (κ2) is 14.0. The van der Waals surface area contributed by atoms with E-state index in [-0.39, 0.29) is 24.0 Å². The van der Waals surface area contributed by atoms with Crippen LogP contribution in [0.15, 0.2) is 5.11 Å². The van der Waals surface area contributed by atoms with Crippen LogP contribution in [0.4, 0.5) is 0 Å². The summed E-state index contributed by atoms with van der Waals surface area (Å²) in [5.41, 5.74) is 13.5. The molecule has 4 aliphatic rings. The van der Waals surface area contributed by atoms with Crippen LogP contribution in [-0.2, 0) is 19.1 Å². The van der Waals surface area contributed by atoms with Crippen LogP contribution in [0.1, 0.15) is 90.9 Å². The Morgan fingerprint density at radius 2 is 1.29 bits per heavy atom. The standard InChI is InChI=1S/C14H24N4O2.C14H26N2O2/c1-14(13(19)20-2)8-12(16-17-15)10-18(14)9-11-6-4-3-5-7-11;1-14(13(17)18-2)8-12(15)10-16(14)9-11-6-4-3-5-7-11/h11-12H,3-10H2,1-2H3;11-12H,3-10,15H2,1-2H3/t2*12-,14-/m00/s1. The van der Waals surface area contributed by atoms with Crippen LogP contribution in [0.3, 0.4) is 0 Å². The highest BCUT2D eigenvalue weighted by Crippen LogP contribution is 2.36. The van der Waals surface area contributed by atoms with E-state index in [2.05, 4.69) is 19.8 Å². The summed E-state index contributed by atoms with van der Waals surface area (Å²) in [7, 11) is 2.89. The second-order valence-corrected chi connectivity index (χ2v) is 12.4. The lowest BCUT2D eigenvalue weighted by molar-refractivity contribution is -0.153. The number of ether oxygens (including phenoxy) is 2. The summed E-state index contributed by atoms with van der Waals surface area (Å²) in [4.78, 5) is 31.5. The number of rotatable bonds is 7. The largest absolute Gasteiger partial charge is 0.468 e. The average molecular weight is 535 g/mol. The van der Waals surface area contributed by atoms with Gasteiger partial charge in [0.15, 0.2) is 0 Å². The summed E-state index contributed by atoms with van der Waals surface area (Å²) in [5.74, 6) is 1.03. The molecule has 4 rings (SSSR count). The van der Waals surface area contributed by atoms with Crippen LogP contribution in [-0.4, -0.2) is 85.3 Å². The van der Waals surface area contributed by atoms with Gasteiger partial charge in [0.1, 0.15) is 11.1 Å². The third-order valence-electron chi connectivity index (χ3n) is 9.45. The Morgan fingerprint density at radius 1 is 0.842 bits per heavy atom. The van der Waals surface area contributed by atoms with E-state index in [0.717, 1.165) is 25.6 Å². The van der Waals surface area contributed by atoms with E-state index in [9.17, 15) is 9.59 Å². The number of hydrogen-bond acceptors (Lipinski definition) is 8. The zero-order valence-electron chi connectivity index (χ0n) is 24.1. The van der Waals surface area contributed by atoms with Crippen molar-refractivity contribution in [2.24, 2.45) is 22.7 Å². The van der Waals surface area contributed by atoms with Gasteiger partial charge in [-0.2, -0.15) is 0 Å². The van der Waals surface area contributed by atoms with Crippen LogP contribution in [0.2, 0.25) is 0 Å². The van der Waals surface area contributed by atoms with E-state index in [1.54, 1.807) is 0 Å². The molecule has 0 bridgehead atoms. The van der Waals surface area contributed by atoms with Crippen LogP contribution >= 0.6 is 0 Å². The Bertz CT molecular complexity index is 839. The smallest absolute Gasteiger partial charge is 0.326 e. The molecule has 2 N–H and O–H groups in total. The van der Waals surface area contributed by atoms with Crippen molar-refractivity contribution in [3.05, 3.63) is 10.4 Å². The molecule has 0 aromatic carbocycles. The van der Waals surface area contributed by atoms with E-state index in [1.165, 1.54) is 78.4 Å². The lowest BCUT2D eigenvalue weighted by atomic mass is 9.88. The number of azide groups is 1. The van der Waals surface area contributed by atoms with Crippen molar-refractivity contribution in [3.8, 4) is 0 Å². The number of carbonyl (C=O) groups excluding carboxylic acids is 2. The summed E-state index contributed by atoms with van der Waals surface area (Å²) in [5, 5.41) is 3.81. The highest BCUT2D eigenvalue weighted by Gasteiger charge is 2.49. The molecule has 4 fully saturated rings. The van der Waals surface area contributed by atoms with Gasteiger partial charge in [-0.3, -0.25) is 19.4 Å². The fourth-order valence-corrected chi connectivity index (χ4v) is 7.23. The van der Waals surface area contributed by atoms with E-state index in [4.69, 9.17) is 20.7 Å². The number of nitrogens with two attached hydrogens (primary N) is 1. The molecule has 0 amide bonds. The fourth-order valence-electron chi connectivity index (χ4n) is 7.23. The number of likely N-dealkylation sites (tertiary alicyclic amines) is 2. The zero-order chi connectivity index (χ0) is 27.8. The molecule has 0 aromatic heterocycles. The minimum Gasteiger partial charge on any atom is -0.468 e. The second-order valence-electron chi connectivity index (χ2n) is 12.4. The molecule has 2 aliphatic heterocycles. The molecule has 0 aromatic rings. The molecule has 10 nitrogen and oxygen atoms in total. The summed E-state index contributed by atoms with van der Waals surface area (Å²) in [6.07, 6.45) is 14.3. The maximum Gasteiger partial charge on any atom is 0.326 e. The van der Waals surface area contributed by atoms with E-state index >= 15 is 0 Å². The molecule has 2 aliphatic carbocycles. The van der Waals surface area contributed by atoms with Crippen molar-refractivity contribution < 1.29 is 19.1 Å². The number of hydrogen-bond donors (Lipinski definition) is 1. The lowest BCUT2D eigenvalue weighted by Gasteiger charge is -2.36. The number of esters is 2. The Morgan fingerprint density at radius 3 is 1.74 bits per heavy atom. The highest BCUT2D eigenvalue weighted by atomic mass is 16.5. The summed E-state index contributed by atoms with van der Waals surface area (Å²) < 4.78 is 9.94. The monoisotopic (exact) mass is 534 g/mol. The van der Waals surface area contributed by atoms with Gasteiger partial charge in [-0.05, 0) is 69.7 Å². The Hall–Kier alpha value is -1.87. The van der Waals surface area contributed by atoms with Crippen molar-refractivity contribution in [2.75, 3.05) is 40.4 Å². The van der Waals surface area contributed by atoms with Gasteiger partial charge in [-0.25, -0.2) is 0 Å². The summed E-state index contributed by atoms with van der Waals surface area (Å²) in [6.45, 7) is 7.28. The Labute approximate surface area is 228 Å². The van der Waals surface area contributed by atoms with Gasteiger partial charge < -0.3 is 15.2 Å². The lowest BCUT2D eigenvalue weighted by Crippen LogP contribution is -2.50. The molecule has 0 spiro atoms.